The van der Waals surface area contributed by atoms with Gasteiger partial charge < -0.3 is 10.3 Å². The van der Waals surface area contributed by atoms with E-state index in [1.54, 1.807) is 0 Å². The molecular formula is C24H18F5N3O3. The Morgan fingerprint density at radius 3 is 2.11 bits per heavy atom. The first-order valence-corrected chi connectivity index (χ1v) is 10.2. The lowest BCUT2D eigenvalue weighted by Crippen LogP contribution is -2.23. The van der Waals surface area contributed by atoms with Gasteiger partial charge in [0.1, 0.15) is 29.1 Å². The van der Waals surface area contributed by atoms with Crippen LogP contribution in [0.15, 0.2) is 64.2 Å². The zero-order valence-corrected chi connectivity index (χ0v) is 17.9. The molecule has 1 amide bonds. The number of aromatic amines is 2. The smallest absolute Gasteiger partial charge is 0.326 e. The Hall–Kier alpha value is -4.28. The normalized spacial score (nSPS) is 10.5. The molecule has 0 unspecified atom stereocenters. The Morgan fingerprint density at radius 2 is 1.43 bits per heavy atom. The number of rotatable bonds is 5. The van der Waals surface area contributed by atoms with Crippen molar-refractivity contribution in [2.75, 3.05) is 0 Å². The standard InChI is InChI=1S/C16H13F4NO.C8H5FN2O2/c17-12-3-2-11(15(20)8-12)9-21-16(22)4-1-10-5-13(18)7-14(19)6-10;9-4-1-2-6-5(3-4)7(12)11-8(13)10-6/h2-3,5-8H,1,4,9H2,(H,21,22);1-3H,(H2,10,11,12,13). The maximum atomic E-state index is 13.4. The van der Waals surface area contributed by atoms with Gasteiger partial charge in [0, 0.05) is 30.7 Å². The van der Waals surface area contributed by atoms with Crippen LogP contribution < -0.4 is 16.6 Å². The number of hydrogen-bond donors (Lipinski definition) is 3. The Morgan fingerprint density at radius 1 is 0.771 bits per heavy atom. The third kappa shape index (κ3) is 7.36. The van der Waals surface area contributed by atoms with Gasteiger partial charge in [0.15, 0.2) is 0 Å². The molecule has 0 fully saturated rings. The summed E-state index contributed by atoms with van der Waals surface area (Å²) in [5.41, 5.74) is -0.329. The Labute approximate surface area is 194 Å². The maximum Gasteiger partial charge on any atom is 0.326 e. The number of benzene rings is 3. The van der Waals surface area contributed by atoms with Gasteiger partial charge in [-0.15, -0.1) is 0 Å². The van der Waals surface area contributed by atoms with E-state index in [9.17, 15) is 36.3 Å². The van der Waals surface area contributed by atoms with Gasteiger partial charge in [-0.3, -0.25) is 14.6 Å². The van der Waals surface area contributed by atoms with Crippen LogP contribution in [0.3, 0.4) is 0 Å². The molecule has 0 aliphatic carbocycles. The van der Waals surface area contributed by atoms with Gasteiger partial charge >= 0.3 is 5.69 Å². The molecule has 0 saturated heterocycles. The van der Waals surface area contributed by atoms with Crippen molar-refractivity contribution < 1.29 is 26.7 Å². The van der Waals surface area contributed by atoms with Crippen LogP contribution in [0.1, 0.15) is 17.5 Å². The molecule has 11 heteroatoms. The highest BCUT2D eigenvalue weighted by Gasteiger charge is 2.08. The molecule has 182 valence electrons. The summed E-state index contributed by atoms with van der Waals surface area (Å²) in [4.78, 5) is 37.9. The number of H-pyrrole nitrogens is 2. The van der Waals surface area contributed by atoms with Crippen molar-refractivity contribution in [3.8, 4) is 0 Å². The molecule has 0 spiro atoms. The topological polar surface area (TPSA) is 94.8 Å². The molecule has 0 aliphatic heterocycles. The number of amides is 1. The summed E-state index contributed by atoms with van der Waals surface area (Å²) in [6, 6.07) is 9.72. The van der Waals surface area contributed by atoms with Crippen LogP contribution in [0.2, 0.25) is 0 Å². The molecule has 3 aromatic carbocycles. The molecule has 0 saturated carbocycles. The molecule has 6 nitrogen and oxygen atoms in total. The van der Waals surface area contributed by atoms with E-state index in [-0.39, 0.29) is 30.3 Å². The predicted molar refractivity (Wildman–Crippen MR) is 118 cm³/mol. The van der Waals surface area contributed by atoms with Crippen molar-refractivity contribution in [2.45, 2.75) is 19.4 Å². The summed E-state index contributed by atoms with van der Waals surface area (Å²) in [5.74, 6) is -3.75. The molecule has 3 N–H and O–H groups in total. The van der Waals surface area contributed by atoms with Crippen LogP contribution in [-0.4, -0.2) is 15.9 Å². The third-order valence-corrected chi connectivity index (χ3v) is 4.76. The van der Waals surface area contributed by atoms with E-state index in [1.165, 1.54) is 18.2 Å². The molecule has 1 aromatic heterocycles. The first-order chi connectivity index (χ1) is 16.6. The predicted octanol–water partition coefficient (Wildman–Crippen LogP) is 3.85. The van der Waals surface area contributed by atoms with Crippen LogP contribution in [0.25, 0.3) is 10.9 Å². The molecule has 35 heavy (non-hydrogen) atoms. The molecular weight excluding hydrogens is 473 g/mol. The Bertz CT molecular complexity index is 1460. The van der Waals surface area contributed by atoms with Crippen LogP contribution in [0.5, 0.6) is 0 Å². The van der Waals surface area contributed by atoms with Crippen molar-refractivity contribution >= 4 is 16.8 Å². The molecule has 1 heterocycles. The zero-order chi connectivity index (χ0) is 25.5. The number of aromatic nitrogens is 2. The fourth-order valence-corrected chi connectivity index (χ4v) is 3.10. The highest BCUT2D eigenvalue weighted by atomic mass is 19.1. The first kappa shape index (κ1) is 25.3. The molecule has 0 bridgehead atoms. The van der Waals surface area contributed by atoms with E-state index >= 15 is 0 Å². The highest BCUT2D eigenvalue weighted by Crippen LogP contribution is 2.11. The third-order valence-electron chi connectivity index (χ3n) is 4.76. The number of fused-ring (bicyclic) bond motifs is 1. The highest BCUT2D eigenvalue weighted by molar-refractivity contribution is 5.77. The average molecular weight is 491 g/mol. The second kappa shape index (κ2) is 11.2. The minimum absolute atomic E-state index is 0.00566. The van der Waals surface area contributed by atoms with Gasteiger partial charge in [0.25, 0.3) is 5.56 Å². The fourth-order valence-electron chi connectivity index (χ4n) is 3.10. The SMILES string of the molecule is O=C(CCc1cc(F)cc(F)c1)NCc1ccc(F)cc1F.O=c1[nH]c(=O)c2cc(F)ccc2[nH]1. The summed E-state index contributed by atoms with van der Waals surface area (Å²) < 4.78 is 64.7. The van der Waals surface area contributed by atoms with Crippen molar-refractivity contribution in [3.63, 3.8) is 0 Å². The Balaban J connectivity index is 0.000000223. The monoisotopic (exact) mass is 491 g/mol. The van der Waals surface area contributed by atoms with Gasteiger partial charge in [-0.25, -0.2) is 26.7 Å². The van der Waals surface area contributed by atoms with Crippen molar-refractivity contribution in [3.05, 3.63) is 116 Å². The van der Waals surface area contributed by atoms with E-state index in [2.05, 4.69) is 10.3 Å². The quantitative estimate of drug-likeness (QED) is 0.370. The van der Waals surface area contributed by atoms with Crippen LogP contribution >= 0.6 is 0 Å². The number of nitrogens with one attached hydrogen (secondary N) is 3. The largest absolute Gasteiger partial charge is 0.352 e. The van der Waals surface area contributed by atoms with Crippen molar-refractivity contribution in [2.24, 2.45) is 0 Å². The van der Waals surface area contributed by atoms with E-state index < -0.39 is 46.2 Å². The summed E-state index contributed by atoms with van der Waals surface area (Å²) in [6.45, 7) is -0.0809. The molecule has 0 atom stereocenters. The maximum absolute atomic E-state index is 13.4. The molecule has 0 aliphatic rings. The summed E-state index contributed by atoms with van der Waals surface area (Å²) in [5, 5.41) is 2.61. The Kier molecular flexibility index (Phi) is 8.13. The van der Waals surface area contributed by atoms with Gasteiger partial charge in [0.2, 0.25) is 5.91 Å². The lowest BCUT2D eigenvalue weighted by atomic mass is 10.1. The molecule has 4 rings (SSSR count). The fraction of sp³-hybridized carbons (Fsp3) is 0.125. The lowest BCUT2D eigenvalue weighted by molar-refractivity contribution is -0.121. The summed E-state index contributed by atoms with van der Waals surface area (Å²) in [6.07, 6.45) is 0.165. The minimum Gasteiger partial charge on any atom is -0.352 e. The van der Waals surface area contributed by atoms with Crippen molar-refractivity contribution in [1.82, 2.24) is 15.3 Å². The zero-order valence-electron chi connectivity index (χ0n) is 17.9. The van der Waals surface area contributed by atoms with Gasteiger partial charge in [-0.2, -0.15) is 0 Å². The number of aryl methyl sites for hydroxylation is 1. The van der Waals surface area contributed by atoms with Crippen molar-refractivity contribution in [1.29, 1.82) is 0 Å². The lowest BCUT2D eigenvalue weighted by Gasteiger charge is -2.07. The van der Waals surface area contributed by atoms with E-state index in [0.29, 0.717) is 11.1 Å². The van der Waals surface area contributed by atoms with Gasteiger partial charge in [0.05, 0.1) is 10.9 Å². The number of carbonyl (C=O) groups excluding carboxylic acids is 1. The molecule has 0 radical (unpaired) electrons. The summed E-state index contributed by atoms with van der Waals surface area (Å²) >= 11 is 0. The van der Waals surface area contributed by atoms with Crippen LogP contribution in [0.4, 0.5) is 22.0 Å². The summed E-state index contributed by atoms with van der Waals surface area (Å²) in [7, 11) is 0. The minimum atomic E-state index is -0.743. The van der Waals surface area contributed by atoms with Crippen LogP contribution in [0, 0.1) is 29.1 Å². The van der Waals surface area contributed by atoms with Gasteiger partial charge in [-0.05, 0) is 48.4 Å². The number of hydrogen-bond acceptors (Lipinski definition) is 3. The van der Waals surface area contributed by atoms with E-state index in [1.807, 2.05) is 4.98 Å². The average Bonchev–Trinajstić information content (AvgIpc) is 2.77. The van der Waals surface area contributed by atoms with Crippen LogP contribution in [-0.2, 0) is 17.8 Å². The number of halogens is 5. The van der Waals surface area contributed by atoms with E-state index in [4.69, 9.17) is 0 Å². The first-order valence-electron chi connectivity index (χ1n) is 10.2. The number of carbonyl (C=O) groups is 1. The second-order valence-corrected chi connectivity index (χ2v) is 7.39. The second-order valence-electron chi connectivity index (χ2n) is 7.39. The molecule has 4 aromatic rings. The van der Waals surface area contributed by atoms with E-state index in [0.717, 1.165) is 36.4 Å². The van der Waals surface area contributed by atoms with Gasteiger partial charge in [-0.1, -0.05) is 6.07 Å².